The third kappa shape index (κ3) is 3.45. The third-order valence-corrected chi connectivity index (χ3v) is 3.61. The number of hydrogen-bond donors (Lipinski definition) is 2. The van der Waals surface area contributed by atoms with Gasteiger partial charge in [-0.1, -0.05) is 25.1 Å². The summed E-state index contributed by atoms with van der Waals surface area (Å²) < 4.78 is 5.51. The van der Waals surface area contributed by atoms with Gasteiger partial charge in [0.05, 0.1) is 11.8 Å². The maximum Gasteiger partial charge on any atom is 0.213 e. The lowest BCUT2D eigenvalue weighted by Gasteiger charge is -2.37. The maximum absolute atomic E-state index is 5.61. The molecule has 104 valence electrons. The summed E-state index contributed by atoms with van der Waals surface area (Å²) in [5.41, 5.74) is 3.59. The number of rotatable bonds is 2. The molecule has 0 bridgehead atoms. The molecule has 2 atom stereocenters. The second-order valence-corrected chi connectivity index (χ2v) is 4.90. The fraction of sp³-hybridized carbons (Fsp3) is 0.500. The van der Waals surface area contributed by atoms with Gasteiger partial charge in [0.2, 0.25) is 5.96 Å². The van der Waals surface area contributed by atoms with Crippen molar-refractivity contribution in [2.45, 2.75) is 19.4 Å². The summed E-state index contributed by atoms with van der Waals surface area (Å²) >= 11 is 0. The first-order valence-corrected chi connectivity index (χ1v) is 6.62. The number of para-hydroxylation sites is 1. The maximum atomic E-state index is 5.61. The molecule has 1 heterocycles. The summed E-state index contributed by atoms with van der Waals surface area (Å²) in [6.45, 7) is 3.97. The van der Waals surface area contributed by atoms with Crippen LogP contribution in [0.25, 0.3) is 0 Å². The van der Waals surface area contributed by atoms with Crippen molar-refractivity contribution in [3.63, 3.8) is 0 Å². The molecule has 0 spiro atoms. The minimum Gasteiger partial charge on any atom is -0.379 e. The monoisotopic (exact) mass is 262 g/mol. The standard InChI is InChI=1S/C14H22N4O/c1-11-8-9-18(10-13(11)19-2)14(17-15)16-12-6-4-3-5-7-12/h3-7,11,13H,8-10,15H2,1-2H3,(H,16,17). The minimum atomic E-state index is 0.225. The van der Waals surface area contributed by atoms with Crippen molar-refractivity contribution in [3.05, 3.63) is 30.3 Å². The molecule has 0 aromatic heterocycles. The van der Waals surface area contributed by atoms with E-state index in [9.17, 15) is 0 Å². The highest BCUT2D eigenvalue weighted by Gasteiger charge is 2.27. The fourth-order valence-electron chi connectivity index (χ4n) is 2.35. The summed E-state index contributed by atoms with van der Waals surface area (Å²) in [5.74, 6) is 6.87. The van der Waals surface area contributed by atoms with Crippen molar-refractivity contribution in [2.75, 3.05) is 20.2 Å². The van der Waals surface area contributed by atoms with E-state index in [0.29, 0.717) is 11.9 Å². The number of nitrogens with two attached hydrogens (primary N) is 1. The lowest BCUT2D eigenvalue weighted by atomic mass is 9.96. The normalized spacial score (nSPS) is 24.4. The molecule has 1 aromatic rings. The molecule has 1 aromatic carbocycles. The Morgan fingerprint density at radius 2 is 2.16 bits per heavy atom. The van der Waals surface area contributed by atoms with E-state index in [4.69, 9.17) is 10.6 Å². The molecule has 1 fully saturated rings. The summed E-state index contributed by atoms with van der Waals surface area (Å²) in [6.07, 6.45) is 1.30. The number of guanidine groups is 1. The zero-order chi connectivity index (χ0) is 13.7. The molecule has 0 amide bonds. The molecule has 0 saturated carbocycles. The summed E-state index contributed by atoms with van der Waals surface area (Å²) in [6, 6.07) is 9.81. The molecule has 2 rings (SSSR count). The number of likely N-dealkylation sites (tertiary alicyclic amines) is 1. The molecule has 1 aliphatic heterocycles. The average molecular weight is 262 g/mol. The van der Waals surface area contributed by atoms with Crippen LogP contribution < -0.4 is 11.3 Å². The van der Waals surface area contributed by atoms with Gasteiger partial charge < -0.3 is 9.64 Å². The van der Waals surface area contributed by atoms with Crippen molar-refractivity contribution >= 4 is 11.6 Å². The molecule has 0 radical (unpaired) electrons. The van der Waals surface area contributed by atoms with Crippen LogP contribution in [0, 0.1) is 5.92 Å². The number of ether oxygens (including phenoxy) is 1. The van der Waals surface area contributed by atoms with Gasteiger partial charge in [0, 0.05) is 20.2 Å². The van der Waals surface area contributed by atoms with Crippen LogP contribution in [0.2, 0.25) is 0 Å². The molecule has 1 aliphatic rings. The van der Waals surface area contributed by atoms with Gasteiger partial charge in [-0.25, -0.2) is 10.8 Å². The van der Waals surface area contributed by atoms with Crippen molar-refractivity contribution in [1.29, 1.82) is 0 Å². The van der Waals surface area contributed by atoms with E-state index in [1.165, 1.54) is 0 Å². The summed E-state index contributed by atoms with van der Waals surface area (Å²) in [7, 11) is 1.76. The second-order valence-electron chi connectivity index (χ2n) is 4.90. The van der Waals surface area contributed by atoms with Gasteiger partial charge in [0.15, 0.2) is 0 Å². The Hall–Kier alpha value is -1.59. The molecule has 3 N–H and O–H groups in total. The first-order valence-electron chi connectivity index (χ1n) is 6.62. The molecule has 5 nitrogen and oxygen atoms in total. The number of benzene rings is 1. The number of nitrogens with zero attached hydrogens (tertiary/aromatic N) is 2. The Labute approximate surface area is 114 Å². The Balaban J connectivity index is 2.12. The number of methoxy groups -OCH3 is 1. The van der Waals surface area contributed by atoms with E-state index in [2.05, 4.69) is 22.2 Å². The van der Waals surface area contributed by atoms with E-state index >= 15 is 0 Å². The van der Waals surface area contributed by atoms with Gasteiger partial charge in [-0.3, -0.25) is 5.43 Å². The van der Waals surface area contributed by atoms with E-state index in [0.717, 1.165) is 25.2 Å². The highest BCUT2D eigenvalue weighted by atomic mass is 16.5. The van der Waals surface area contributed by atoms with Crippen molar-refractivity contribution < 1.29 is 4.74 Å². The summed E-state index contributed by atoms with van der Waals surface area (Å²) in [5, 5.41) is 0. The predicted octanol–water partition coefficient (Wildman–Crippen LogP) is 1.49. The molecular weight excluding hydrogens is 240 g/mol. The van der Waals surface area contributed by atoms with E-state index in [1.54, 1.807) is 7.11 Å². The number of piperidine rings is 1. The first kappa shape index (κ1) is 13.8. The van der Waals surface area contributed by atoms with Crippen LogP contribution in [-0.4, -0.2) is 37.2 Å². The average Bonchev–Trinajstić information content (AvgIpc) is 2.46. The fourth-order valence-corrected chi connectivity index (χ4v) is 2.35. The number of hydrazine groups is 1. The van der Waals surface area contributed by atoms with E-state index < -0.39 is 0 Å². The zero-order valence-corrected chi connectivity index (χ0v) is 11.5. The molecule has 2 unspecified atom stereocenters. The van der Waals surface area contributed by atoms with Gasteiger partial charge in [-0.2, -0.15) is 0 Å². The molecule has 1 saturated heterocycles. The SMILES string of the molecule is COC1CN(C(=Nc2ccccc2)NN)CCC1C. The highest BCUT2D eigenvalue weighted by Crippen LogP contribution is 2.20. The largest absolute Gasteiger partial charge is 0.379 e. The lowest BCUT2D eigenvalue weighted by Crippen LogP contribution is -2.52. The number of hydrogen-bond acceptors (Lipinski definition) is 3. The van der Waals surface area contributed by atoms with Crippen LogP contribution in [0.4, 0.5) is 5.69 Å². The van der Waals surface area contributed by atoms with Crippen LogP contribution in [-0.2, 0) is 4.74 Å². The summed E-state index contributed by atoms with van der Waals surface area (Å²) in [4.78, 5) is 6.69. The van der Waals surface area contributed by atoms with Gasteiger partial charge in [0.25, 0.3) is 0 Å². The molecule has 5 heteroatoms. The third-order valence-electron chi connectivity index (χ3n) is 3.61. The van der Waals surface area contributed by atoms with Gasteiger partial charge in [0.1, 0.15) is 0 Å². The quantitative estimate of drug-likeness (QED) is 0.367. The second kappa shape index (κ2) is 6.54. The van der Waals surface area contributed by atoms with Gasteiger partial charge in [-0.15, -0.1) is 0 Å². The smallest absolute Gasteiger partial charge is 0.213 e. The minimum absolute atomic E-state index is 0.225. The molecule has 0 aliphatic carbocycles. The van der Waals surface area contributed by atoms with Crippen molar-refractivity contribution in [3.8, 4) is 0 Å². The number of aliphatic imine (C=N–C) groups is 1. The van der Waals surface area contributed by atoms with Crippen LogP contribution in [0.1, 0.15) is 13.3 Å². The van der Waals surface area contributed by atoms with Crippen molar-refractivity contribution in [1.82, 2.24) is 10.3 Å². The molecular formula is C14H22N4O. The Morgan fingerprint density at radius 1 is 1.42 bits per heavy atom. The van der Waals surface area contributed by atoms with E-state index in [1.807, 2.05) is 30.3 Å². The highest BCUT2D eigenvalue weighted by molar-refractivity contribution is 5.82. The van der Waals surface area contributed by atoms with Gasteiger partial charge in [-0.05, 0) is 24.5 Å². The predicted molar refractivity (Wildman–Crippen MR) is 77.0 cm³/mol. The van der Waals surface area contributed by atoms with Crippen LogP contribution in [0.5, 0.6) is 0 Å². The molecule has 19 heavy (non-hydrogen) atoms. The Kier molecular flexibility index (Phi) is 4.76. The van der Waals surface area contributed by atoms with Crippen LogP contribution in [0.15, 0.2) is 35.3 Å². The van der Waals surface area contributed by atoms with Crippen molar-refractivity contribution in [2.24, 2.45) is 16.8 Å². The number of nitrogens with one attached hydrogen (secondary N) is 1. The van der Waals surface area contributed by atoms with Crippen LogP contribution in [0.3, 0.4) is 0 Å². The van der Waals surface area contributed by atoms with E-state index in [-0.39, 0.29) is 6.10 Å². The Morgan fingerprint density at radius 3 is 2.79 bits per heavy atom. The zero-order valence-electron chi connectivity index (χ0n) is 11.5. The Bertz CT molecular complexity index is 421. The van der Waals surface area contributed by atoms with Gasteiger partial charge >= 0.3 is 0 Å². The van der Waals surface area contributed by atoms with Crippen LogP contribution >= 0.6 is 0 Å². The lowest BCUT2D eigenvalue weighted by molar-refractivity contribution is 0.0140. The topological polar surface area (TPSA) is 62.9 Å². The first-order chi connectivity index (χ1) is 9.24.